The minimum Gasteiger partial charge on any atom is -0.496 e. The standard InChI is InChI=1S/C28H35N3O3/c1-3-34-28(32)26(25(22-13-14-22)23-15-16-23)27(31(29)19-20-9-5-4-6-10-20)30-18-17-21-11-7-8-12-24(21)33-2/h4-12,17-18,22-23,25-26H,3,13-16,19,29H2,1-2H3/b18-17+,30-27?. The maximum Gasteiger partial charge on any atom is 0.316 e. The number of carbonyl (C=O) groups is 1. The number of carbonyl (C=O) groups excluding carboxylic acids is 1. The lowest BCUT2D eigenvalue weighted by Gasteiger charge is -2.31. The molecule has 0 amide bonds. The van der Waals surface area contributed by atoms with E-state index in [0.29, 0.717) is 30.8 Å². The first-order chi connectivity index (χ1) is 16.6. The lowest BCUT2D eigenvalue weighted by Crippen LogP contribution is -2.47. The van der Waals surface area contributed by atoms with Gasteiger partial charge in [-0.1, -0.05) is 48.5 Å². The number of rotatable bonds is 11. The molecule has 2 fully saturated rings. The first kappa shape index (κ1) is 24.0. The van der Waals surface area contributed by atoms with Crippen molar-refractivity contribution >= 4 is 17.9 Å². The van der Waals surface area contributed by atoms with Crippen LogP contribution in [0.15, 0.2) is 65.8 Å². The van der Waals surface area contributed by atoms with Crippen LogP contribution in [-0.2, 0) is 16.1 Å². The summed E-state index contributed by atoms with van der Waals surface area (Å²) in [6.07, 6.45) is 8.24. The zero-order chi connectivity index (χ0) is 23.9. The van der Waals surface area contributed by atoms with Crippen LogP contribution in [0.3, 0.4) is 0 Å². The van der Waals surface area contributed by atoms with Gasteiger partial charge in [-0.2, -0.15) is 0 Å². The number of para-hydroxylation sites is 1. The van der Waals surface area contributed by atoms with Crippen LogP contribution in [0.25, 0.3) is 6.08 Å². The summed E-state index contributed by atoms with van der Waals surface area (Å²) in [5.41, 5.74) is 1.97. The summed E-state index contributed by atoms with van der Waals surface area (Å²) in [5.74, 6) is 8.56. The fraction of sp³-hybridized carbons (Fsp3) is 0.429. The van der Waals surface area contributed by atoms with Gasteiger partial charge in [-0.05, 0) is 68.1 Å². The highest BCUT2D eigenvalue weighted by molar-refractivity contribution is 6.01. The molecule has 0 heterocycles. The Bertz CT molecular complexity index is 1000. The number of hydrogen-bond donors (Lipinski definition) is 1. The maximum atomic E-state index is 13.4. The number of benzene rings is 2. The number of aliphatic imine (C=N–C) groups is 1. The third kappa shape index (κ3) is 6.06. The van der Waals surface area contributed by atoms with Crippen LogP contribution < -0.4 is 10.6 Å². The Balaban J connectivity index is 1.70. The first-order valence-corrected chi connectivity index (χ1v) is 12.2. The Hall–Kier alpha value is -3.12. The molecule has 4 rings (SSSR count). The number of hydrogen-bond acceptors (Lipinski definition) is 5. The number of methoxy groups -OCH3 is 1. The number of nitrogens with zero attached hydrogens (tertiary/aromatic N) is 2. The highest BCUT2D eigenvalue weighted by Crippen LogP contribution is 2.53. The van der Waals surface area contributed by atoms with Gasteiger partial charge >= 0.3 is 5.97 Å². The molecule has 0 aliphatic heterocycles. The number of nitrogens with two attached hydrogens (primary N) is 1. The van der Waals surface area contributed by atoms with Gasteiger partial charge in [0.15, 0.2) is 0 Å². The van der Waals surface area contributed by atoms with E-state index < -0.39 is 5.92 Å². The molecule has 0 bridgehead atoms. The van der Waals surface area contributed by atoms with E-state index in [4.69, 9.17) is 20.3 Å². The average molecular weight is 462 g/mol. The average Bonchev–Trinajstić information content (AvgIpc) is 3.76. The Kier molecular flexibility index (Phi) is 8.01. The van der Waals surface area contributed by atoms with Gasteiger partial charge < -0.3 is 9.47 Å². The SMILES string of the molecule is CCOC(=O)C(C(=N/C=C/c1ccccc1OC)N(N)Cc1ccccc1)C(C1CC1)C1CC1. The summed E-state index contributed by atoms with van der Waals surface area (Å²) in [6, 6.07) is 17.8. The van der Waals surface area contributed by atoms with Crippen molar-refractivity contribution in [2.24, 2.45) is 34.5 Å². The number of amidine groups is 1. The van der Waals surface area contributed by atoms with E-state index in [2.05, 4.69) is 0 Å². The topological polar surface area (TPSA) is 77.2 Å². The van der Waals surface area contributed by atoms with Crippen LogP contribution in [0.1, 0.15) is 43.7 Å². The highest BCUT2D eigenvalue weighted by atomic mass is 16.5. The number of ether oxygens (including phenoxy) is 2. The van der Waals surface area contributed by atoms with Crippen LogP contribution >= 0.6 is 0 Å². The van der Waals surface area contributed by atoms with Gasteiger partial charge in [-0.15, -0.1) is 0 Å². The molecule has 34 heavy (non-hydrogen) atoms. The van der Waals surface area contributed by atoms with Gasteiger partial charge in [-0.3, -0.25) is 9.80 Å². The van der Waals surface area contributed by atoms with E-state index >= 15 is 0 Å². The molecule has 0 spiro atoms. The molecule has 6 nitrogen and oxygen atoms in total. The lowest BCUT2D eigenvalue weighted by atomic mass is 9.82. The smallest absolute Gasteiger partial charge is 0.316 e. The van der Waals surface area contributed by atoms with E-state index in [0.717, 1.165) is 42.6 Å². The molecule has 2 aliphatic carbocycles. The van der Waals surface area contributed by atoms with Gasteiger partial charge in [0.2, 0.25) is 0 Å². The van der Waals surface area contributed by atoms with Crippen LogP contribution in [0.4, 0.5) is 0 Å². The molecule has 0 radical (unpaired) electrons. The van der Waals surface area contributed by atoms with Crippen molar-refractivity contribution in [2.75, 3.05) is 13.7 Å². The normalized spacial score (nSPS) is 17.1. The highest BCUT2D eigenvalue weighted by Gasteiger charge is 2.50. The monoisotopic (exact) mass is 461 g/mol. The third-order valence-electron chi connectivity index (χ3n) is 6.63. The largest absolute Gasteiger partial charge is 0.496 e. The van der Waals surface area contributed by atoms with E-state index in [1.807, 2.05) is 67.6 Å². The second-order valence-electron chi connectivity index (χ2n) is 9.14. The van der Waals surface area contributed by atoms with E-state index in [1.54, 1.807) is 18.3 Å². The van der Waals surface area contributed by atoms with Crippen LogP contribution in [-0.4, -0.2) is 30.5 Å². The minimum absolute atomic E-state index is 0.222. The quantitative estimate of drug-likeness (QED) is 0.166. The zero-order valence-corrected chi connectivity index (χ0v) is 20.1. The van der Waals surface area contributed by atoms with Crippen molar-refractivity contribution in [3.05, 3.63) is 71.9 Å². The predicted molar refractivity (Wildman–Crippen MR) is 135 cm³/mol. The first-order valence-electron chi connectivity index (χ1n) is 12.2. The van der Waals surface area contributed by atoms with Crippen molar-refractivity contribution in [3.63, 3.8) is 0 Å². The van der Waals surface area contributed by atoms with Crippen LogP contribution in [0, 0.1) is 23.7 Å². The second kappa shape index (κ2) is 11.3. The predicted octanol–water partition coefficient (Wildman–Crippen LogP) is 5.06. The molecule has 0 saturated heterocycles. The number of hydrazine groups is 1. The third-order valence-corrected chi connectivity index (χ3v) is 6.63. The lowest BCUT2D eigenvalue weighted by molar-refractivity contribution is -0.148. The van der Waals surface area contributed by atoms with Gasteiger partial charge in [0.1, 0.15) is 17.5 Å². The molecule has 2 saturated carbocycles. The van der Waals surface area contributed by atoms with Gasteiger partial charge in [0.25, 0.3) is 0 Å². The Labute approximate surface area is 202 Å². The molecule has 180 valence electrons. The van der Waals surface area contributed by atoms with E-state index in [9.17, 15) is 4.79 Å². The molecule has 2 N–H and O–H groups in total. The van der Waals surface area contributed by atoms with Gasteiger partial charge in [-0.25, -0.2) is 10.8 Å². The second-order valence-corrected chi connectivity index (χ2v) is 9.14. The summed E-state index contributed by atoms with van der Waals surface area (Å²) >= 11 is 0. The molecule has 0 aromatic heterocycles. The molecule has 2 aliphatic rings. The van der Waals surface area contributed by atoms with Crippen molar-refractivity contribution < 1.29 is 14.3 Å². The van der Waals surface area contributed by atoms with E-state index in [-0.39, 0.29) is 11.9 Å². The summed E-state index contributed by atoms with van der Waals surface area (Å²) < 4.78 is 11.0. The molecular formula is C28H35N3O3. The van der Waals surface area contributed by atoms with Gasteiger partial charge in [0.05, 0.1) is 20.3 Å². The minimum atomic E-state index is -0.476. The van der Waals surface area contributed by atoms with Crippen LogP contribution in [0.5, 0.6) is 5.75 Å². The molecular weight excluding hydrogens is 426 g/mol. The van der Waals surface area contributed by atoms with Crippen molar-refractivity contribution in [3.8, 4) is 5.75 Å². The zero-order valence-electron chi connectivity index (χ0n) is 20.1. The van der Waals surface area contributed by atoms with Gasteiger partial charge in [0, 0.05) is 11.8 Å². The van der Waals surface area contributed by atoms with E-state index in [1.165, 1.54) is 0 Å². The van der Waals surface area contributed by atoms with Crippen molar-refractivity contribution in [1.29, 1.82) is 0 Å². The van der Waals surface area contributed by atoms with Crippen LogP contribution in [0.2, 0.25) is 0 Å². The number of esters is 1. The fourth-order valence-electron chi connectivity index (χ4n) is 4.75. The molecule has 6 heteroatoms. The Morgan fingerprint density at radius 3 is 2.35 bits per heavy atom. The summed E-state index contributed by atoms with van der Waals surface area (Å²) in [6.45, 7) is 2.64. The summed E-state index contributed by atoms with van der Waals surface area (Å²) in [4.78, 5) is 18.2. The maximum absolute atomic E-state index is 13.4. The molecule has 2 aromatic rings. The van der Waals surface area contributed by atoms with Crippen molar-refractivity contribution in [1.82, 2.24) is 5.01 Å². The summed E-state index contributed by atoms with van der Waals surface area (Å²) in [7, 11) is 1.65. The molecule has 2 aromatic carbocycles. The summed E-state index contributed by atoms with van der Waals surface area (Å²) in [5, 5.41) is 1.63. The molecule has 1 atom stereocenters. The fourth-order valence-corrected chi connectivity index (χ4v) is 4.75. The van der Waals surface area contributed by atoms with Crippen molar-refractivity contribution in [2.45, 2.75) is 39.2 Å². The molecule has 1 unspecified atom stereocenters. The Morgan fingerprint density at radius 2 is 1.74 bits per heavy atom. The Morgan fingerprint density at radius 1 is 1.09 bits per heavy atom.